The molecule has 0 fully saturated rings. The van der Waals surface area contributed by atoms with Gasteiger partial charge in [-0.1, -0.05) is 37.6 Å². The maximum Gasteiger partial charge on any atom is 0.0296 e. The van der Waals surface area contributed by atoms with Crippen molar-refractivity contribution in [3.05, 3.63) is 34.9 Å². The lowest BCUT2D eigenvalue weighted by molar-refractivity contribution is 0.431. The molecule has 16 heavy (non-hydrogen) atoms. The first kappa shape index (κ1) is 13.2. The molecule has 90 valence electrons. The quantitative estimate of drug-likeness (QED) is 0.784. The minimum atomic E-state index is 0.450. The van der Waals surface area contributed by atoms with Gasteiger partial charge < -0.3 is 5.32 Å². The van der Waals surface area contributed by atoms with E-state index in [-0.39, 0.29) is 0 Å². The minimum Gasteiger partial charge on any atom is -0.307 e. The molecule has 0 aliphatic rings. The summed E-state index contributed by atoms with van der Waals surface area (Å²) in [7, 11) is 0. The highest BCUT2D eigenvalue weighted by atomic mass is 14.9. The summed E-state index contributed by atoms with van der Waals surface area (Å²) in [6, 6.07) is 7.81. The van der Waals surface area contributed by atoms with Crippen molar-refractivity contribution in [1.29, 1.82) is 0 Å². The molecular weight excluding hydrogens is 194 g/mol. The van der Waals surface area contributed by atoms with Crippen LogP contribution in [-0.4, -0.2) is 6.04 Å². The van der Waals surface area contributed by atoms with Crippen LogP contribution in [-0.2, 0) is 0 Å². The highest BCUT2D eigenvalue weighted by Gasteiger charge is 2.11. The Bertz CT molecular complexity index is 326. The Balaban J connectivity index is 2.76. The summed E-state index contributed by atoms with van der Waals surface area (Å²) in [4.78, 5) is 0. The first-order chi connectivity index (χ1) is 7.58. The van der Waals surface area contributed by atoms with Gasteiger partial charge >= 0.3 is 0 Å². The van der Waals surface area contributed by atoms with Crippen LogP contribution in [0.4, 0.5) is 0 Å². The van der Waals surface area contributed by atoms with Gasteiger partial charge in [0.1, 0.15) is 0 Å². The van der Waals surface area contributed by atoms with Crippen LogP contribution in [0, 0.1) is 13.8 Å². The van der Waals surface area contributed by atoms with Crippen LogP contribution in [0.15, 0.2) is 18.2 Å². The molecule has 0 amide bonds. The van der Waals surface area contributed by atoms with Crippen molar-refractivity contribution in [1.82, 2.24) is 5.32 Å². The van der Waals surface area contributed by atoms with Crippen LogP contribution < -0.4 is 5.32 Å². The normalized spacial score (nSPS) is 13.1. The number of hydrogen-bond acceptors (Lipinski definition) is 1. The molecule has 0 heterocycles. The van der Waals surface area contributed by atoms with Crippen molar-refractivity contribution >= 4 is 0 Å². The second-order valence-corrected chi connectivity index (χ2v) is 4.76. The second-order valence-electron chi connectivity index (χ2n) is 4.76. The first-order valence-corrected chi connectivity index (χ1v) is 6.41. The van der Waals surface area contributed by atoms with Crippen LogP contribution in [0.3, 0.4) is 0 Å². The lowest BCUT2D eigenvalue weighted by Gasteiger charge is -2.23. The molecule has 1 aromatic carbocycles. The Morgan fingerprint density at radius 2 is 1.75 bits per heavy atom. The molecule has 0 aromatic heterocycles. The van der Waals surface area contributed by atoms with Gasteiger partial charge in [-0.3, -0.25) is 0 Å². The van der Waals surface area contributed by atoms with Gasteiger partial charge in [0.2, 0.25) is 0 Å². The van der Waals surface area contributed by atoms with Gasteiger partial charge in [-0.05, 0) is 44.7 Å². The fourth-order valence-electron chi connectivity index (χ4n) is 2.28. The highest BCUT2D eigenvalue weighted by molar-refractivity contribution is 5.32. The maximum absolute atomic E-state index is 3.69. The molecule has 0 aliphatic carbocycles. The van der Waals surface area contributed by atoms with Gasteiger partial charge in [-0.15, -0.1) is 0 Å². The largest absolute Gasteiger partial charge is 0.307 e. The van der Waals surface area contributed by atoms with Crippen LogP contribution in [0.5, 0.6) is 0 Å². The molecular formula is C15H25N. The Morgan fingerprint density at radius 1 is 1.12 bits per heavy atom. The van der Waals surface area contributed by atoms with Crippen molar-refractivity contribution < 1.29 is 0 Å². The Hall–Kier alpha value is -0.820. The molecule has 0 saturated heterocycles. The molecule has 1 N–H and O–H groups in total. The van der Waals surface area contributed by atoms with Crippen LogP contribution >= 0.6 is 0 Å². The van der Waals surface area contributed by atoms with E-state index in [1.165, 1.54) is 29.5 Å². The van der Waals surface area contributed by atoms with E-state index in [9.17, 15) is 0 Å². The predicted molar refractivity (Wildman–Crippen MR) is 71.8 cm³/mol. The average Bonchev–Trinajstić information content (AvgIpc) is 2.25. The minimum absolute atomic E-state index is 0.450. The van der Waals surface area contributed by atoms with E-state index in [0.29, 0.717) is 12.1 Å². The van der Waals surface area contributed by atoms with Crippen LogP contribution in [0.25, 0.3) is 0 Å². The molecule has 1 rings (SSSR count). The van der Waals surface area contributed by atoms with E-state index >= 15 is 0 Å². The maximum atomic E-state index is 3.69. The van der Waals surface area contributed by atoms with Crippen molar-refractivity contribution in [2.45, 2.75) is 59.5 Å². The summed E-state index contributed by atoms with van der Waals surface area (Å²) in [5, 5.41) is 3.69. The van der Waals surface area contributed by atoms with E-state index in [0.717, 1.165) is 0 Å². The third-order valence-electron chi connectivity index (χ3n) is 3.36. The summed E-state index contributed by atoms with van der Waals surface area (Å²) in [6.07, 6.45) is 2.40. The van der Waals surface area contributed by atoms with Gasteiger partial charge in [0.15, 0.2) is 0 Å². The molecule has 1 atom stereocenters. The Kier molecular flexibility index (Phi) is 5.01. The lowest BCUT2D eigenvalue weighted by Crippen LogP contribution is -2.30. The van der Waals surface area contributed by atoms with E-state index in [2.05, 4.69) is 58.1 Å². The second kappa shape index (κ2) is 6.05. The van der Waals surface area contributed by atoms with Crippen LogP contribution in [0.2, 0.25) is 0 Å². The van der Waals surface area contributed by atoms with E-state index in [4.69, 9.17) is 0 Å². The molecule has 1 aromatic rings. The van der Waals surface area contributed by atoms with E-state index in [1.807, 2.05) is 0 Å². The molecule has 0 spiro atoms. The predicted octanol–water partition coefficient (Wildman–Crippen LogP) is 4.14. The third-order valence-corrected chi connectivity index (χ3v) is 3.36. The number of benzene rings is 1. The van der Waals surface area contributed by atoms with Gasteiger partial charge in [-0.2, -0.15) is 0 Å². The zero-order chi connectivity index (χ0) is 12.1. The fraction of sp³-hybridized carbons (Fsp3) is 0.600. The van der Waals surface area contributed by atoms with Gasteiger partial charge in [0.05, 0.1) is 0 Å². The highest BCUT2D eigenvalue weighted by Crippen LogP contribution is 2.19. The fourth-order valence-corrected chi connectivity index (χ4v) is 2.28. The van der Waals surface area contributed by atoms with Crippen molar-refractivity contribution in [2.24, 2.45) is 0 Å². The first-order valence-electron chi connectivity index (χ1n) is 6.41. The number of aryl methyl sites for hydroxylation is 2. The van der Waals surface area contributed by atoms with Gasteiger partial charge in [0.25, 0.3) is 0 Å². The molecule has 0 saturated carbocycles. The monoisotopic (exact) mass is 219 g/mol. The molecule has 0 aliphatic heterocycles. The number of hydrogen-bond donors (Lipinski definition) is 1. The standard InChI is InChI=1S/C15H25N/c1-6-14(7-2)16-13(5)15-9-8-11(3)10-12(15)4/h8-10,13-14,16H,6-7H2,1-5H3. The zero-order valence-electron chi connectivity index (χ0n) is 11.3. The smallest absolute Gasteiger partial charge is 0.0296 e. The number of nitrogens with one attached hydrogen (secondary N) is 1. The van der Waals surface area contributed by atoms with Gasteiger partial charge in [-0.25, -0.2) is 0 Å². The summed E-state index contributed by atoms with van der Waals surface area (Å²) in [5.74, 6) is 0. The van der Waals surface area contributed by atoms with Crippen molar-refractivity contribution in [3.63, 3.8) is 0 Å². The average molecular weight is 219 g/mol. The van der Waals surface area contributed by atoms with Crippen LogP contribution in [0.1, 0.15) is 56.3 Å². The van der Waals surface area contributed by atoms with Crippen molar-refractivity contribution in [2.75, 3.05) is 0 Å². The lowest BCUT2D eigenvalue weighted by atomic mass is 9.99. The van der Waals surface area contributed by atoms with E-state index < -0.39 is 0 Å². The molecule has 0 bridgehead atoms. The topological polar surface area (TPSA) is 12.0 Å². The number of rotatable bonds is 5. The summed E-state index contributed by atoms with van der Waals surface area (Å²) in [5.41, 5.74) is 4.17. The SMILES string of the molecule is CCC(CC)NC(C)c1ccc(C)cc1C. The Labute approximate surface area is 100 Å². The molecule has 1 heteroatoms. The van der Waals surface area contributed by atoms with E-state index in [1.54, 1.807) is 0 Å². The third kappa shape index (κ3) is 3.34. The summed E-state index contributed by atoms with van der Waals surface area (Å²) < 4.78 is 0. The molecule has 0 radical (unpaired) electrons. The summed E-state index contributed by atoms with van der Waals surface area (Å²) >= 11 is 0. The van der Waals surface area contributed by atoms with Crippen molar-refractivity contribution in [3.8, 4) is 0 Å². The Morgan fingerprint density at radius 3 is 2.25 bits per heavy atom. The zero-order valence-corrected chi connectivity index (χ0v) is 11.3. The molecule has 1 nitrogen and oxygen atoms in total. The van der Waals surface area contributed by atoms with Gasteiger partial charge in [0, 0.05) is 12.1 Å². The summed E-state index contributed by atoms with van der Waals surface area (Å²) in [6.45, 7) is 11.1. The molecule has 1 unspecified atom stereocenters.